The molecule has 0 atom stereocenters. The van der Waals surface area contributed by atoms with E-state index in [0.717, 1.165) is 23.0 Å². The van der Waals surface area contributed by atoms with E-state index in [-0.39, 0.29) is 0 Å². The molecule has 1 N–H and O–H groups in total. The number of carboxylic acids is 1. The van der Waals surface area contributed by atoms with Gasteiger partial charge in [-0.3, -0.25) is 4.98 Å². The molecule has 0 radical (unpaired) electrons. The van der Waals surface area contributed by atoms with Crippen molar-refractivity contribution in [1.82, 2.24) is 4.98 Å². The van der Waals surface area contributed by atoms with Crippen molar-refractivity contribution in [1.29, 1.82) is 0 Å². The average molecular weight is 255 g/mol. The van der Waals surface area contributed by atoms with Crippen molar-refractivity contribution in [3.05, 3.63) is 59.9 Å². The van der Waals surface area contributed by atoms with Gasteiger partial charge in [-0.1, -0.05) is 6.07 Å². The SMILES string of the molecule is Cc1cc(C=CC(=O)O)ccc1Oc1cccnc1. The van der Waals surface area contributed by atoms with Crippen LogP contribution in [-0.4, -0.2) is 16.1 Å². The Bertz CT molecular complexity index is 606. The molecular formula is C15H13NO3. The van der Waals surface area contributed by atoms with Gasteiger partial charge in [0, 0.05) is 12.3 Å². The third-order valence-electron chi connectivity index (χ3n) is 2.48. The van der Waals surface area contributed by atoms with Gasteiger partial charge in [0.1, 0.15) is 11.5 Å². The minimum Gasteiger partial charge on any atom is -0.478 e. The van der Waals surface area contributed by atoms with E-state index in [4.69, 9.17) is 9.84 Å². The number of carbonyl (C=O) groups is 1. The summed E-state index contributed by atoms with van der Waals surface area (Å²) in [7, 11) is 0. The average Bonchev–Trinajstić information content (AvgIpc) is 2.40. The Morgan fingerprint density at radius 1 is 1.37 bits per heavy atom. The Labute approximate surface area is 111 Å². The highest BCUT2D eigenvalue weighted by Gasteiger charge is 2.02. The van der Waals surface area contributed by atoms with E-state index in [2.05, 4.69) is 4.98 Å². The fourth-order valence-electron chi connectivity index (χ4n) is 1.59. The zero-order valence-corrected chi connectivity index (χ0v) is 10.4. The highest BCUT2D eigenvalue weighted by molar-refractivity contribution is 5.85. The normalized spacial score (nSPS) is 10.6. The molecule has 0 amide bonds. The molecule has 2 aromatic rings. The van der Waals surface area contributed by atoms with Crippen molar-refractivity contribution in [3.63, 3.8) is 0 Å². The Morgan fingerprint density at radius 3 is 2.84 bits per heavy atom. The fourth-order valence-corrected chi connectivity index (χ4v) is 1.59. The summed E-state index contributed by atoms with van der Waals surface area (Å²) in [6, 6.07) is 9.10. The summed E-state index contributed by atoms with van der Waals surface area (Å²) in [6.45, 7) is 1.91. The Morgan fingerprint density at radius 2 is 2.21 bits per heavy atom. The number of pyridine rings is 1. The van der Waals surface area contributed by atoms with Crippen LogP contribution < -0.4 is 4.74 Å². The molecule has 0 bridgehead atoms. The first kappa shape index (κ1) is 12.8. The lowest BCUT2D eigenvalue weighted by molar-refractivity contribution is -0.131. The first-order chi connectivity index (χ1) is 9.15. The summed E-state index contributed by atoms with van der Waals surface area (Å²) in [5, 5.41) is 8.58. The van der Waals surface area contributed by atoms with Crippen molar-refractivity contribution < 1.29 is 14.6 Å². The summed E-state index contributed by atoms with van der Waals surface area (Å²) in [5.41, 5.74) is 1.75. The maximum atomic E-state index is 10.4. The summed E-state index contributed by atoms with van der Waals surface area (Å²) < 4.78 is 5.69. The minimum absolute atomic E-state index is 0.666. The number of carboxylic acid groups (broad SMARTS) is 1. The molecule has 0 fully saturated rings. The van der Waals surface area contributed by atoms with E-state index in [9.17, 15) is 4.79 Å². The third-order valence-corrected chi connectivity index (χ3v) is 2.48. The predicted octanol–water partition coefficient (Wildman–Crippen LogP) is 3.28. The second-order valence-electron chi connectivity index (χ2n) is 3.99. The maximum Gasteiger partial charge on any atom is 0.328 e. The van der Waals surface area contributed by atoms with Crippen LogP contribution >= 0.6 is 0 Å². The maximum absolute atomic E-state index is 10.4. The van der Waals surface area contributed by atoms with Crippen molar-refractivity contribution in [2.24, 2.45) is 0 Å². The van der Waals surface area contributed by atoms with Crippen molar-refractivity contribution in [2.45, 2.75) is 6.92 Å². The Kier molecular flexibility index (Phi) is 3.93. The summed E-state index contributed by atoms with van der Waals surface area (Å²) in [5.74, 6) is 0.424. The van der Waals surface area contributed by atoms with Crippen LogP contribution in [0.4, 0.5) is 0 Å². The van der Waals surface area contributed by atoms with Gasteiger partial charge in [0.2, 0.25) is 0 Å². The lowest BCUT2D eigenvalue weighted by atomic mass is 10.1. The molecule has 0 aliphatic heterocycles. The third kappa shape index (κ3) is 3.67. The second kappa shape index (κ2) is 5.82. The number of aryl methyl sites for hydroxylation is 1. The van der Waals surface area contributed by atoms with E-state index in [0.29, 0.717) is 5.75 Å². The lowest BCUT2D eigenvalue weighted by Gasteiger charge is -2.08. The topological polar surface area (TPSA) is 59.4 Å². The number of hydrogen-bond donors (Lipinski definition) is 1. The number of rotatable bonds is 4. The minimum atomic E-state index is -0.965. The zero-order chi connectivity index (χ0) is 13.7. The molecular weight excluding hydrogens is 242 g/mol. The van der Waals surface area contributed by atoms with Gasteiger partial charge in [-0.05, 0) is 48.4 Å². The molecule has 1 aromatic heterocycles. The van der Waals surface area contributed by atoms with Gasteiger partial charge in [0.25, 0.3) is 0 Å². The molecule has 1 aromatic carbocycles. The van der Waals surface area contributed by atoms with Gasteiger partial charge < -0.3 is 9.84 Å². The molecule has 4 nitrogen and oxygen atoms in total. The van der Waals surface area contributed by atoms with Crippen LogP contribution in [0.2, 0.25) is 0 Å². The summed E-state index contributed by atoms with van der Waals surface area (Å²) in [4.78, 5) is 14.4. The molecule has 0 saturated heterocycles. The van der Waals surface area contributed by atoms with Crippen LogP contribution in [0.5, 0.6) is 11.5 Å². The van der Waals surface area contributed by atoms with Gasteiger partial charge in [0.15, 0.2) is 0 Å². The van der Waals surface area contributed by atoms with E-state index in [1.54, 1.807) is 30.6 Å². The van der Waals surface area contributed by atoms with Gasteiger partial charge in [0.05, 0.1) is 6.20 Å². The quantitative estimate of drug-likeness (QED) is 0.852. The molecule has 4 heteroatoms. The number of aliphatic carboxylic acids is 1. The number of hydrogen-bond acceptors (Lipinski definition) is 3. The van der Waals surface area contributed by atoms with E-state index < -0.39 is 5.97 Å². The van der Waals surface area contributed by atoms with Crippen LogP contribution in [0, 0.1) is 6.92 Å². The molecule has 2 rings (SSSR count). The monoisotopic (exact) mass is 255 g/mol. The Balaban J connectivity index is 2.18. The second-order valence-corrected chi connectivity index (χ2v) is 3.99. The molecule has 0 aliphatic carbocycles. The number of benzene rings is 1. The van der Waals surface area contributed by atoms with Crippen LogP contribution in [-0.2, 0) is 4.79 Å². The van der Waals surface area contributed by atoms with Crippen molar-refractivity contribution >= 4 is 12.0 Å². The number of nitrogens with zero attached hydrogens (tertiary/aromatic N) is 1. The van der Waals surface area contributed by atoms with Gasteiger partial charge in [-0.25, -0.2) is 4.79 Å². The fraction of sp³-hybridized carbons (Fsp3) is 0.0667. The first-order valence-corrected chi connectivity index (χ1v) is 5.75. The smallest absolute Gasteiger partial charge is 0.328 e. The molecule has 19 heavy (non-hydrogen) atoms. The predicted molar refractivity (Wildman–Crippen MR) is 72.2 cm³/mol. The molecule has 0 saturated carbocycles. The molecule has 0 aliphatic rings. The zero-order valence-electron chi connectivity index (χ0n) is 10.4. The largest absolute Gasteiger partial charge is 0.478 e. The molecule has 1 heterocycles. The molecule has 96 valence electrons. The van der Waals surface area contributed by atoms with Crippen LogP contribution in [0.3, 0.4) is 0 Å². The molecule has 0 unspecified atom stereocenters. The van der Waals surface area contributed by atoms with E-state index in [1.807, 2.05) is 25.1 Å². The van der Waals surface area contributed by atoms with Gasteiger partial charge in [-0.15, -0.1) is 0 Å². The lowest BCUT2D eigenvalue weighted by Crippen LogP contribution is -1.89. The van der Waals surface area contributed by atoms with E-state index >= 15 is 0 Å². The van der Waals surface area contributed by atoms with Crippen molar-refractivity contribution in [3.8, 4) is 11.5 Å². The van der Waals surface area contributed by atoms with Crippen molar-refractivity contribution in [2.75, 3.05) is 0 Å². The van der Waals surface area contributed by atoms with E-state index in [1.165, 1.54) is 0 Å². The highest BCUT2D eigenvalue weighted by atomic mass is 16.5. The van der Waals surface area contributed by atoms with Crippen LogP contribution in [0.1, 0.15) is 11.1 Å². The summed E-state index contributed by atoms with van der Waals surface area (Å²) >= 11 is 0. The van der Waals surface area contributed by atoms with Crippen LogP contribution in [0.25, 0.3) is 6.08 Å². The molecule has 0 spiro atoms. The number of ether oxygens (including phenoxy) is 1. The Hall–Kier alpha value is -2.62. The first-order valence-electron chi connectivity index (χ1n) is 5.75. The number of aromatic nitrogens is 1. The standard InChI is InChI=1S/C15H13NO3/c1-11-9-12(5-7-15(17)18)4-6-14(11)19-13-3-2-8-16-10-13/h2-10H,1H3,(H,17,18). The summed E-state index contributed by atoms with van der Waals surface area (Å²) in [6.07, 6.45) is 5.97. The van der Waals surface area contributed by atoms with Crippen LogP contribution in [0.15, 0.2) is 48.8 Å². The van der Waals surface area contributed by atoms with Gasteiger partial charge in [-0.2, -0.15) is 0 Å². The highest BCUT2D eigenvalue weighted by Crippen LogP contribution is 2.25. The van der Waals surface area contributed by atoms with Gasteiger partial charge >= 0.3 is 5.97 Å².